The zero-order valence-corrected chi connectivity index (χ0v) is 13.1. The first-order chi connectivity index (χ1) is 10.2. The quantitative estimate of drug-likeness (QED) is 0.911. The van der Waals surface area contributed by atoms with E-state index in [9.17, 15) is 4.79 Å². The molecule has 112 valence electrons. The summed E-state index contributed by atoms with van der Waals surface area (Å²) in [6, 6.07) is 6.16. The van der Waals surface area contributed by atoms with Crippen LogP contribution in [0.25, 0.3) is 10.2 Å². The fourth-order valence-corrected chi connectivity index (χ4v) is 3.75. The van der Waals surface area contributed by atoms with Gasteiger partial charge in [0.2, 0.25) is 5.91 Å². The largest absolute Gasteiger partial charge is 0.317 e. The SMILES string of the molecule is Cc1ccc2nc(NC(=O)CCC3CCNCC3)sc2c1. The number of hydrogen-bond acceptors (Lipinski definition) is 4. The highest BCUT2D eigenvalue weighted by Gasteiger charge is 2.15. The van der Waals surface area contributed by atoms with Gasteiger partial charge in [-0.1, -0.05) is 17.4 Å². The molecule has 1 saturated heterocycles. The van der Waals surface area contributed by atoms with Crippen LogP contribution >= 0.6 is 11.3 Å². The van der Waals surface area contributed by atoms with E-state index in [2.05, 4.69) is 28.6 Å². The number of nitrogens with zero attached hydrogens (tertiary/aromatic N) is 1. The molecule has 0 bridgehead atoms. The second-order valence-corrected chi connectivity index (χ2v) is 6.80. The maximum Gasteiger partial charge on any atom is 0.226 e. The third-order valence-electron chi connectivity index (χ3n) is 4.03. The minimum atomic E-state index is 0.0873. The van der Waals surface area contributed by atoms with Gasteiger partial charge in [-0.05, 0) is 62.9 Å². The summed E-state index contributed by atoms with van der Waals surface area (Å²) >= 11 is 1.55. The molecule has 2 N–H and O–H groups in total. The van der Waals surface area contributed by atoms with Gasteiger partial charge in [-0.25, -0.2) is 4.98 Å². The van der Waals surface area contributed by atoms with Gasteiger partial charge in [0.05, 0.1) is 10.2 Å². The standard InChI is InChI=1S/C16H21N3OS/c1-11-2-4-13-14(10-11)21-16(18-13)19-15(20)5-3-12-6-8-17-9-7-12/h2,4,10,12,17H,3,5-9H2,1H3,(H,18,19,20). The molecule has 0 spiro atoms. The zero-order chi connectivity index (χ0) is 14.7. The lowest BCUT2D eigenvalue weighted by molar-refractivity contribution is -0.116. The Morgan fingerprint density at radius 2 is 2.24 bits per heavy atom. The van der Waals surface area contributed by atoms with E-state index in [0.717, 1.165) is 29.7 Å². The zero-order valence-electron chi connectivity index (χ0n) is 12.3. The Hall–Kier alpha value is -1.46. The summed E-state index contributed by atoms with van der Waals surface area (Å²) in [6.45, 7) is 4.24. The van der Waals surface area contributed by atoms with Crippen molar-refractivity contribution in [3.05, 3.63) is 23.8 Å². The number of hydrogen-bond donors (Lipinski definition) is 2. The predicted molar refractivity (Wildman–Crippen MR) is 87.8 cm³/mol. The number of aryl methyl sites for hydroxylation is 1. The number of benzene rings is 1. The normalized spacial score (nSPS) is 16.2. The number of anilines is 1. The number of rotatable bonds is 4. The highest BCUT2D eigenvalue weighted by molar-refractivity contribution is 7.22. The Balaban J connectivity index is 1.55. The van der Waals surface area contributed by atoms with Gasteiger partial charge in [-0.2, -0.15) is 0 Å². The van der Waals surface area contributed by atoms with Crippen molar-refractivity contribution < 1.29 is 4.79 Å². The second kappa shape index (κ2) is 6.54. The van der Waals surface area contributed by atoms with Crippen molar-refractivity contribution in [3.8, 4) is 0 Å². The average Bonchev–Trinajstić information content (AvgIpc) is 2.87. The minimum absolute atomic E-state index is 0.0873. The van der Waals surface area contributed by atoms with E-state index in [4.69, 9.17) is 0 Å². The number of amides is 1. The van der Waals surface area contributed by atoms with Gasteiger partial charge >= 0.3 is 0 Å². The van der Waals surface area contributed by atoms with Gasteiger partial charge in [0, 0.05) is 6.42 Å². The van der Waals surface area contributed by atoms with E-state index < -0.39 is 0 Å². The van der Waals surface area contributed by atoms with Crippen molar-refractivity contribution in [2.75, 3.05) is 18.4 Å². The molecule has 2 aromatic rings. The maximum absolute atomic E-state index is 12.0. The van der Waals surface area contributed by atoms with Crippen LogP contribution in [0.2, 0.25) is 0 Å². The van der Waals surface area contributed by atoms with Crippen LogP contribution < -0.4 is 10.6 Å². The molecule has 1 aliphatic heterocycles. The van der Waals surface area contributed by atoms with Gasteiger partial charge < -0.3 is 10.6 Å². The first-order valence-corrected chi connectivity index (χ1v) is 8.40. The summed E-state index contributed by atoms with van der Waals surface area (Å²) in [5.41, 5.74) is 2.18. The molecule has 1 aromatic heterocycles. The second-order valence-electron chi connectivity index (χ2n) is 5.77. The van der Waals surface area contributed by atoms with Crippen molar-refractivity contribution in [3.63, 3.8) is 0 Å². The summed E-state index contributed by atoms with van der Waals surface area (Å²) in [5.74, 6) is 0.777. The summed E-state index contributed by atoms with van der Waals surface area (Å²) in [6.07, 6.45) is 3.96. The fourth-order valence-electron chi connectivity index (χ4n) is 2.77. The third-order valence-corrected chi connectivity index (χ3v) is 4.96. The van der Waals surface area contributed by atoms with Crippen LogP contribution in [0.3, 0.4) is 0 Å². The highest BCUT2D eigenvalue weighted by Crippen LogP contribution is 2.27. The number of piperidine rings is 1. The number of thiazole rings is 1. The number of nitrogens with one attached hydrogen (secondary N) is 2. The van der Waals surface area contributed by atoms with Crippen molar-refractivity contribution in [2.24, 2.45) is 5.92 Å². The molecule has 0 unspecified atom stereocenters. The van der Waals surface area contributed by atoms with Crippen LogP contribution in [0.1, 0.15) is 31.2 Å². The van der Waals surface area contributed by atoms with Gasteiger partial charge in [0.25, 0.3) is 0 Å². The summed E-state index contributed by atoms with van der Waals surface area (Å²) in [4.78, 5) is 16.5. The Morgan fingerprint density at radius 3 is 3.05 bits per heavy atom. The van der Waals surface area contributed by atoms with Gasteiger partial charge in [0.15, 0.2) is 5.13 Å². The van der Waals surface area contributed by atoms with Crippen molar-refractivity contribution in [1.29, 1.82) is 0 Å². The Labute approximate surface area is 129 Å². The molecular formula is C16H21N3OS. The molecule has 3 rings (SSSR count). The van der Waals surface area contributed by atoms with Gasteiger partial charge in [0.1, 0.15) is 0 Å². The Morgan fingerprint density at radius 1 is 1.43 bits per heavy atom. The number of fused-ring (bicyclic) bond motifs is 1. The van der Waals surface area contributed by atoms with Crippen LogP contribution in [0.5, 0.6) is 0 Å². The third kappa shape index (κ3) is 3.80. The molecular weight excluding hydrogens is 282 g/mol. The lowest BCUT2D eigenvalue weighted by atomic mass is 9.93. The lowest BCUT2D eigenvalue weighted by Gasteiger charge is -2.21. The molecule has 1 aliphatic rings. The van der Waals surface area contributed by atoms with Crippen molar-refractivity contribution >= 4 is 32.6 Å². The van der Waals surface area contributed by atoms with Crippen LogP contribution in [0.15, 0.2) is 18.2 Å². The Kier molecular flexibility index (Phi) is 4.51. The molecule has 5 heteroatoms. The Bertz CT molecular complexity index is 631. The van der Waals surface area contributed by atoms with E-state index in [0.29, 0.717) is 17.5 Å². The maximum atomic E-state index is 12.0. The molecule has 2 heterocycles. The van der Waals surface area contributed by atoms with Crippen LogP contribution in [0, 0.1) is 12.8 Å². The van der Waals surface area contributed by atoms with E-state index >= 15 is 0 Å². The number of aromatic nitrogens is 1. The van der Waals surface area contributed by atoms with Crippen LogP contribution in [0.4, 0.5) is 5.13 Å². The molecule has 0 saturated carbocycles. The van der Waals surface area contributed by atoms with Gasteiger partial charge in [-0.3, -0.25) is 4.79 Å². The smallest absolute Gasteiger partial charge is 0.226 e. The van der Waals surface area contributed by atoms with Crippen LogP contribution in [-0.2, 0) is 4.79 Å². The van der Waals surface area contributed by atoms with Crippen molar-refractivity contribution in [2.45, 2.75) is 32.6 Å². The lowest BCUT2D eigenvalue weighted by Crippen LogP contribution is -2.28. The van der Waals surface area contributed by atoms with Crippen LogP contribution in [-0.4, -0.2) is 24.0 Å². The van der Waals surface area contributed by atoms with Crippen molar-refractivity contribution in [1.82, 2.24) is 10.3 Å². The number of carbonyl (C=O) groups is 1. The molecule has 21 heavy (non-hydrogen) atoms. The van der Waals surface area contributed by atoms with Gasteiger partial charge in [-0.15, -0.1) is 0 Å². The molecule has 1 amide bonds. The van der Waals surface area contributed by atoms with E-state index in [1.807, 2.05) is 12.1 Å². The minimum Gasteiger partial charge on any atom is -0.317 e. The van der Waals surface area contributed by atoms with E-state index in [1.54, 1.807) is 11.3 Å². The topological polar surface area (TPSA) is 54.0 Å². The predicted octanol–water partition coefficient (Wildman–Crippen LogP) is 3.32. The summed E-state index contributed by atoms with van der Waals surface area (Å²) < 4.78 is 1.13. The summed E-state index contributed by atoms with van der Waals surface area (Å²) in [5, 5.41) is 7.01. The monoisotopic (exact) mass is 303 g/mol. The molecule has 4 nitrogen and oxygen atoms in total. The summed E-state index contributed by atoms with van der Waals surface area (Å²) in [7, 11) is 0. The average molecular weight is 303 g/mol. The highest BCUT2D eigenvalue weighted by atomic mass is 32.1. The molecule has 1 aromatic carbocycles. The fraction of sp³-hybridized carbons (Fsp3) is 0.500. The molecule has 0 atom stereocenters. The first kappa shape index (κ1) is 14.5. The molecule has 1 fully saturated rings. The number of carbonyl (C=O) groups excluding carboxylic acids is 1. The first-order valence-electron chi connectivity index (χ1n) is 7.58. The van der Waals surface area contributed by atoms with E-state index in [-0.39, 0.29) is 5.91 Å². The molecule has 0 radical (unpaired) electrons. The van der Waals surface area contributed by atoms with E-state index in [1.165, 1.54) is 18.4 Å². The molecule has 0 aliphatic carbocycles.